The van der Waals surface area contributed by atoms with Gasteiger partial charge in [0.2, 0.25) is 0 Å². The van der Waals surface area contributed by atoms with Crippen LogP contribution < -0.4 is 10.6 Å². The van der Waals surface area contributed by atoms with Crippen LogP contribution in [0.15, 0.2) is 0 Å². The number of amides is 2. The second-order valence-electron chi connectivity index (χ2n) is 5.65. The SMILES string of the molecule is CCCCCCCCNC(=O)NC1CCCC1C(=O)O. The zero-order valence-electron chi connectivity index (χ0n) is 12.5. The topological polar surface area (TPSA) is 78.4 Å². The van der Waals surface area contributed by atoms with Gasteiger partial charge in [-0.3, -0.25) is 4.79 Å². The first-order chi connectivity index (χ1) is 9.65. The molecule has 1 aliphatic carbocycles. The molecule has 0 aromatic heterocycles. The number of carbonyl (C=O) groups excluding carboxylic acids is 1. The van der Waals surface area contributed by atoms with Crippen molar-refractivity contribution in [2.45, 2.75) is 70.8 Å². The summed E-state index contributed by atoms with van der Waals surface area (Å²) in [6.45, 7) is 2.86. The summed E-state index contributed by atoms with van der Waals surface area (Å²) >= 11 is 0. The van der Waals surface area contributed by atoms with Crippen molar-refractivity contribution in [3.63, 3.8) is 0 Å². The van der Waals surface area contributed by atoms with Crippen molar-refractivity contribution in [1.82, 2.24) is 10.6 Å². The van der Waals surface area contributed by atoms with E-state index in [1.54, 1.807) is 0 Å². The van der Waals surface area contributed by atoms with Gasteiger partial charge in [0, 0.05) is 12.6 Å². The summed E-state index contributed by atoms with van der Waals surface area (Å²) in [6, 6.07) is -0.436. The number of unbranched alkanes of at least 4 members (excludes halogenated alkanes) is 5. The van der Waals surface area contributed by atoms with E-state index in [4.69, 9.17) is 5.11 Å². The van der Waals surface area contributed by atoms with Gasteiger partial charge in [-0.2, -0.15) is 0 Å². The highest BCUT2D eigenvalue weighted by Gasteiger charge is 2.33. The maximum atomic E-state index is 11.7. The fourth-order valence-electron chi connectivity index (χ4n) is 2.76. The Labute approximate surface area is 121 Å². The van der Waals surface area contributed by atoms with E-state index in [-0.39, 0.29) is 12.1 Å². The predicted molar refractivity (Wildman–Crippen MR) is 78.7 cm³/mol. The lowest BCUT2D eigenvalue weighted by Gasteiger charge is -2.17. The standard InChI is InChI=1S/C15H28N2O3/c1-2-3-4-5-6-7-11-16-15(20)17-13-10-8-9-12(13)14(18)19/h12-13H,2-11H2,1H3,(H,18,19)(H2,16,17,20). The fourth-order valence-corrected chi connectivity index (χ4v) is 2.76. The van der Waals surface area contributed by atoms with Crippen molar-refractivity contribution < 1.29 is 14.7 Å². The van der Waals surface area contributed by atoms with Crippen molar-refractivity contribution in [3.05, 3.63) is 0 Å². The average molecular weight is 284 g/mol. The van der Waals surface area contributed by atoms with Crippen LogP contribution in [0.1, 0.15) is 64.7 Å². The summed E-state index contributed by atoms with van der Waals surface area (Å²) in [5.41, 5.74) is 0. The average Bonchev–Trinajstić information content (AvgIpc) is 2.86. The lowest BCUT2D eigenvalue weighted by Crippen LogP contribution is -2.45. The first-order valence-corrected chi connectivity index (χ1v) is 7.92. The van der Waals surface area contributed by atoms with Crippen LogP contribution in [-0.4, -0.2) is 29.7 Å². The van der Waals surface area contributed by atoms with E-state index in [0.29, 0.717) is 13.0 Å². The first kappa shape index (κ1) is 16.8. The number of hydrogen-bond acceptors (Lipinski definition) is 2. The van der Waals surface area contributed by atoms with Crippen molar-refractivity contribution >= 4 is 12.0 Å². The smallest absolute Gasteiger partial charge is 0.315 e. The third-order valence-electron chi connectivity index (χ3n) is 3.97. The lowest BCUT2D eigenvalue weighted by molar-refractivity contribution is -0.142. The van der Waals surface area contributed by atoms with Crippen LogP contribution in [0.25, 0.3) is 0 Å². The molecule has 0 bridgehead atoms. The number of nitrogens with one attached hydrogen (secondary N) is 2. The third-order valence-corrected chi connectivity index (χ3v) is 3.97. The number of carboxylic acids is 1. The quantitative estimate of drug-likeness (QED) is 0.570. The van der Waals surface area contributed by atoms with Crippen LogP contribution in [0.2, 0.25) is 0 Å². The van der Waals surface area contributed by atoms with Crippen LogP contribution in [0.3, 0.4) is 0 Å². The van der Waals surface area contributed by atoms with Gasteiger partial charge in [-0.1, -0.05) is 45.4 Å². The molecule has 3 N–H and O–H groups in total. The van der Waals surface area contributed by atoms with Crippen molar-refractivity contribution in [3.8, 4) is 0 Å². The van der Waals surface area contributed by atoms with E-state index in [2.05, 4.69) is 17.6 Å². The van der Waals surface area contributed by atoms with Gasteiger partial charge in [-0.15, -0.1) is 0 Å². The van der Waals surface area contributed by atoms with E-state index in [9.17, 15) is 9.59 Å². The fraction of sp³-hybridized carbons (Fsp3) is 0.867. The molecule has 1 fully saturated rings. The molecule has 2 amide bonds. The Kier molecular flexibility index (Phi) is 8.07. The van der Waals surface area contributed by atoms with Crippen LogP contribution >= 0.6 is 0 Å². The molecule has 5 nitrogen and oxygen atoms in total. The summed E-state index contributed by atoms with van der Waals surface area (Å²) in [4.78, 5) is 22.7. The van der Waals surface area contributed by atoms with Gasteiger partial charge in [-0.25, -0.2) is 4.79 Å². The zero-order chi connectivity index (χ0) is 14.8. The van der Waals surface area contributed by atoms with E-state index < -0.39 is 11.9 Å². The number of hydrogen-bond donors (Lipinski definition) is 3. The molecule has 0 aromatic rings. The van der Waals surface area contributed by atoms with E-state index in [1.807, 2.05) is 0 Å². The molecule has 0 aromatic carbocycles. The maximum Gasteiger partial charge on any atom is 0.315 e. The molecule has 116 valence electrons. The molecule has 20 heavy (non-hydrogen) atoms. The molecule has 0 spiro atoms. The van der Waals surface area contributed by atoms with E-state index in [0.717, 1.165) is 25.7 Å². The normalized spacial score (nSPS) is 21.6. The van der Waals surface area contributed by atoms with Crippen LogP contribution in [-0.2, 0) is 4.79 Å². The Morgan fingerprint density at radius 3 is 2.50 bits per heavy atom. The minimum absolute atomic E-state index is 0.211. The second-order valence-corrected chi connectivity index (χ2v) is 5.65. The third kappa shape index (κ3) is 6.26. The van der Waals surface area contributed by atoms with Crippen LogP contribution in [0.4, 0.5) is 4.79 Å². The number of urea groups is 1. The number of carbonyl (C=O) groups is 2. The maximum absolute atomic E-state index is 11.7. The van der Waals surface area contributed by atoms with E-state index in [1.165, 1.54) is 25.7 Å². The molecule has 1 aliphatic rings. The number of aliphatic carboxylic acids is 1. The van der Waals surface area contributed by atoms with Gasteiger partial charge in [0.15, 0.2) is 0 Å². The molecular weight excluding hydrogens is 256 g/mol. The largest absolute Gasteiger partial charge is 0.481 e. The lowest BCUT2D eigenvalue weighted by atomic mass is 10.0. The zero-order valence-corrected chi connectivity index (χ0v) is 12.5. The Morgan fingerprint density at radius 2 is 1.80 bits per heavy atom. The molecule has 1 rings (SSSR count). The van der Waals surface area contributed by atoms with Crippen LogP contribution in [0.5, 0.6) is 0 Å². The monoisotopic (exact) mass is 284 g/mol. The van der Waals surface area contributed by atoms with Crippen LogP contribution in [0, 0.1) is 5.92 Å². The van der Waals surface area contributed by atoms with Crippen molar-refractivity contribution in [2.24, 2.45) is 5.92 Å². The second kappa shape index (κ2) is 9.61. The highest BCUT2D eigenvalue weighted by molar-refractivity contribution is 5.76. The molecule has 5 heteroatoms. The molecule has 0 radical (unpaired) electrons. The number of carboxylic acid groups (broad SMARTS) is 1. The van der Waals surface area contributed by atoms with Gasteiger partial charge in [0.05, 0.1) is 5.92 Å². The summed E-state index contributed by atoms with van der Waals surface area (Å²) in [5.74, 6) is -1.22. The highest BCUT2D eigenvalue weighted by Crippen LogP contribution is 2.25. The van der Waals surface area contributed by atoms with Crippen molar-refractivity contribution in [1.29, 1.82) is 0 Å². The first-order valence-electron chi connectivity index (χ1n) is 7.92. The van der Waals surface area contributed by atoms with Gasteiger partial charge in [-0.05, 0) is 19.3 Å². The predicted octanol–water partition coefficient (Wildman–Crippen LogP) is 2.90. The summed E-state index contributed by atoms with van der Waals surface area (Å²) in [5, 5.41) is 14.6. The molecule has 0 aliphatic heterocycles. The Balaban J connectivity index is 2.07. The van der Waals surface area contributed by atoms with E-state index >= 15 is 0 Å². The Morgan fingerprint density at radius 1 is 1.10 bits per heavy atom. The Hall–Kier alpha value is -1.26. The molecule has 2 unspecified atom stereocenters. The Bertz CT molecular complexity index is 307. The summed E-state index contributed by atoms with van der Waals surface area (Å²) < 4.78 is 0. The van der Waals surface area contributed by atoms with Gasteiger partial charge in [0.1, 0.15) is 0 Å². The van der Waals surface area contributed by atoms with Gasteiger partial charge < -0.3 is 15.7 Å². The summed E-state index contributed by atoms with van der Waals surface area (Å²) in [7, 11) is 0. The minimum atomic E-state index is -0.802. The molecular formula is C15H28N2O3. The van der Waals surface area contributed by atoms with Gasteiger partial charge >= 0.3 is 12.0 Å². The minimum Gasteiger partial charge on any atom is -0.481 e. The molecule has 0 saturated heterocycles. The molecule has 0 heterocycles. The molecule has 1 saturated carbocycles. The van der Waals surface area contributed by atoms with Gasteiger partial charge in [0.25, 0.3) is 0 Å². The van der Waals surface area contributed by atoms with Crippen molar-refractivity contribution in [2.75, 3.05) is 6.54 Å². The number of rotatable bonds is 9. The summed E-state index contributed by atoms with van der Waals surface area (Å²) in [6.07, 6.45) is 9.45. The molecule has 2 atom stereocenters. The highest BCUT2D eigenvalue weighted by atomic mass is 16.4.